The molecule has 146 valence electrons. The molecule has 2 aromatic heterocycles. The predicted molar refractivity (Wildman–Crippen MR) is 108 cm³/mol. The van der Waals surface area contributed by atoms with Gasteiger partial charge in [0, 0.05) is 6.20 Å². The van der Waals surface area contributed by atoms with Crippen LogP contribution in [0.3, 0.4) is 0 Å². The van der Waals surface area contributed by atoms with Crippen molar-refractivity contribution in [3.05, 3.63) is 58.5 Å². The van der Waals surface area contributed by atoms with Crippen LogP contribution in [0.1, 0.15) is 35.9 Å². The van der Waals surface area contributed by atoms with Crippen LogP contribution in [0, 0.1) is 6.92 Å². The standard InChI is InChI=1S/C19H20BrN5O3/c1-4-28-19(27)15-10-21-25(14-8-6-5-7-9-14)17(15)22-18(26)13(3)24-11-16(20)12(2)23-24/h5-11,13H,4H2,1-3H3,(H,22,26). The molecule has 0 aliphatic rings. The van der Waals surface area contributed by atoms with Crippen molar-refractivity contribution in [1.82, 2.24) is 19.6 Å². The molecule has 8 nitrogen and oxygen atoms in total. The van der Waals surface area contributed by atoms with Gasteiger partial charge in [0.25, 0.3) is 0 Å². The van der Waals surface area contributed by atoms with Gasteiger partial charge in [0.15, 0.2) is 5.82 Å². The lowest BCUT2D eigenvalue weighted by Crippen LogP contribution is -2.26. The van der Waals surface area contributed by atoms with Crippen LogP contribution in [0.15, 0.2) is 47.2 Å². The number of hydrogen-bond acceptors (Lipinski definition) is 5. The number of nitrogens with one attached hydrogen (secondary N) is 1. The second kappa shape index (κ2) is 8.39. The number of anilines is 1. The third-order valence-corrected chi connectivity index (χ3v) is 4.92. The van der Waals surface area contributed by atoms with Crippen molar-refractivity contribution in [2.75, 3.05) is 11.9 Å². The number of halogens is 1. The monoisotopic (exact) mass is 445 g/mol. The highest BCUT2D eigenvalue weighted by atomic mass is 79.9. The molecule has 28 heavy (non-hydrogen) atoms. The van der Waals surface area contributed by atoms with Crippen LogP contribution in [0.5, 0.6) is 0 Å². The second-order valence-corrected chi connectivity index (χ2v) is 6.94. The zero-order chi connectivity index (χ0) is 20.3. The Hall–Kier alpha value is -2.94. The molecule has 0 radical (unpaired) electrons. The average molecular weight is 446 g/mol. The zero-order valence-electron chi connectivity index (χ0n) is 15.7. The van der Waals surface area contributed by atoms with E-state index in [1.165, 1.54) is 10.9 Å². The first kappa shape index (κ1) is 19.8. The highest BCUT2D eigenvalue weighted by Gasteiger charge is 2.24. The van der Waals surface area contributed by atoms with E-state index in [0.717, 1.165) is 10.2 Å². The van der Waals surface area contributed by atoms with Crippen molar-refractivity contribution in [1.29, 1.82) is 0 Å². The molecule has 0 saturated carbocycles. The number of amides is 1. The van der Waals surface area contributed by atoms with Crippen molar-refractivity contribution >= 4 is 33.6 Å². The maximum atomic E-state index is 12.9. The molecule has 1 amide bonds. The zero-order valence-corrected chi connectivity index (χ0v) is 17.3. The number of esters is 1. The Morgan fingerprint density at radius 2 is 2.00 bits per heavy atom. The molecular formula is C19H20BrN5O3. The third kappa shape index (κ3) is 3.99. The molecule has 1 aromatic carbocycles. The molecular weight excluding hydrogens is 426 g/mol. The van der Waals surface area contributed by atoms with E-state index in [2.05, 4.69) is 31.4 Å². The van der Waals surface area contributed by atoms with E-state index in [1.54, 1.807) is 24.7 Å². The van der Waals surface area contributed by atoms with Gasteiger partial charge in [0.1, 0.15) is 11.6 Å². The number of benzene rings is 1. The van der Waals surface area contributed by atoms with Crippen LogP contribution in [0.4, 0.5) is 5.82 Å². The van der Waals surface area contributed by atoms with Gasteiger partial charge in [0.2, 0.25) is 5.91 Å². The van der Waals surface area contributed by atoms with Crippen LogP contribution >= 0.6 is 15.9 Å². The van der Waals surface area contributed by atoms with Gasteiger partial charge >= 0.3 is 5.97 Å². The molecule has 3 rings (SSSR count). The number of carbonyl (C=O) groups is 2. The molecule has 0 bridgehead atoms. The summed E-state index contributed by atoms with van der Waals surface area (Å²) < 4.78 is 8.97. The number of aromatic nitrogens is 4. The number of para-hydroxylation sites is 1. The van der Waals surface area contributed by atoms with Gasteiger partial charge in [-0.15, -0.1) is 0 Å². The fourth-order valence-corrected chi connectivity index (χ4v) is 2.88. The number of aryl methyl sites for hydroxylation is 1. The topological polar surface area (TPSA) is 91.0 Å². The number of ether oxygens (including phenoxy) is 1. The number of rotatable bonds is 6. The van der Waals surface area contributed by atoms with Gasteiger partial charge in [-0.1, -0.05) is 18.2 Å². The maximum Gasteiger partial charge on any atom is 0.343 e. The Kier molecular flexibility index (Phi) is 5.93. The summed E-state index contributed by atoms with van der Waals surface area (Å²) in [7, 11) is 0. The quantitative estimate of drug-likeness (QED) is 0.586. The van der Waals surface area contributed by atoms with Crippen molar-refractivity contribution in [3.63, 3.8) is 0 Å². The lowest BCUT2D eigenvalue weighted by atomic mass is 10.2. The SMILES string of the molecule is CCOC(=O)c1cnn(-c2ccccc2)c1NC(=O)C(C)n1cc(Br)c(C)n1. The van der Waals surface area contributed by atoms with Crippen LogP contribution in [-0.4, -0.2) is 38.0 Å². The third-order valence-electron chi connectivity index (χ3n) is 4.14. The lowest BCUT2D eigenvalue weighted by Gasteiger charge is -2.15. The second-order valence-electron chi connectivity index (χ2n) is 6.08. The van der Waals surface area contributed by atoms with Crippen molar-refractivity contribution in [3.8, 4) is 5.69 Å². The summed E-state index contributed by atoms with van der Waals surface area (Å²) in [6, 6.07) is 8.62. The van der Waals surface area contributed by atoms with Crippen LogP contribution in [0.2, 0.25) is 0 Å². The fourth-order valence-electron chi connectivity index (χ4n) is 2.59. The fraction of sp³-hybridized carbons (Fsp3) is 0.263. The largest absolute Gasteiger partial charge is 0.462 e. The minimum atomic E-state index is -0.598. The van der Waals surface area contributed by atoms with Crippen molar-refractivity contribution in [2.45, 2.75) is 26.8 Å². The van der Waals surface area contributed by atoms with Crippen LogP contribution in [0.25, 0.3) is 5.69 Å². The highest BCUT2D eigenvalue weighted by molar-refractivity contribution is 9.10. The molecule has 1 atom stereocenters. The van der Waals surface area contributed by atoms with Crippen molar-refractivity contribution < 1.29 is 14.3 Å². The minimum Gasteiger partial charge on any atom is -0.462 e. The Morgan fingerprint density at radius 3 is 2.61 bits per heavy atom. The first-order chi connectivity index (χ1) is 13.4. The number of carbonyl (C=O) groups excluding carboxylic acids is 2. The van der Waals surface area contributed by atoms with Crippen molar-refractivity contribution in [2.24, 2.45) is 0 Å². The molecule has 3 aromatic rings. The Balaban J connectivity index is 1.95. The Bertz CT molecular complexity index is 977. The van der Waals surface area contributed by atoms with E-state index in [9.17, 15) is 9.59 Å². The maximum absolute atomic E-state index is 12.9. The molecule has 1 N–H and O–H groups in total. The highest BCUT2D eigenvalue weighted by Crippen LogP contribution is 2.23. The lowest BCUT2D eigenvalue weighted by molar-refractivity contribution is -0.119. The Labute approximate surface area is 170 Å². The summed E-state index contributed by atoms with van der Waals surface area (Å²) in [5.74, 6) is -0.631. The Morgan fingerprint density at radius 1 is 1.29 bits per heavy atom. The van der Waals surface area contributed by atoms with E-state index in [1.807, 2.05) is 37.3 Å². The minimum absolute atomic E-state index is 0.184. The van der Waals surface area contributed by atoms with Gasteiger partial charge in [0.05, 0.1) is 28.7 Å². The first-order valence-electron chi connectivity index (χ1n) is 8.75. The smallest absolute Gasteiger partial charge is 0.343 e. The predicted octanol–water partition coefficient (Wildman–Crippen LogP) is 3.52. The summed E-state index contributed by atoms with van der Waals surface area (Å²) in [5.41, 5.74) is 1.67. The molecule has 2 heterocycles. The van der Waals surface area contributed by atoms with E-state index in [0.29, 0.717) is 5.69 Å². The van der Waals surface area contributed by atoms with E-state index in [-0.39, 0.29) is 23.9 Å². The molecule has 0 spiro atoms. The van der Waals surface area contributed by atoms with E-state index >= 15 is 0 Å². The summed E-state index contributed by atoms with van der Waals surface area (Å²) in [4.78, 5) is 25.2. The van der Waals surface area contributed by atoms with E-state index < -0.39 is 12.0 Å². The van der Waals surface area contributed by atoms with Gasteiger partial charge in [-0.25, -0.2) is 9.48 Å². The summed E-state index contributed by atoms with van der Waals surface area (Å²) in [5, 5.41) is 11.4. The summed E-state index contributed by atoms with van der Waals surface area (Å²) >= 11 is 3.39. The molecule has 1 unspecified atom stereocenters. The summed E-state index contributed by atoms with van der Waals surface area (Å²) in [6.07, 6.45) is 3.13. The van der Waals surface area contributed by atoms with Crippen LogP contribution < -0.4 is 5.32 Å². The molecule has 0 fully saturated rings. The molecule has 0 aliphatic heterocycles. The molecule has 0 saturated heterocycles. The summed E-state index contributed by atoms with van der Waals surface area (Å²) in [6.45, 7) is 5.51. The molecule has 0 aliphatic carbocycles. The van der Waals surface area contributed by atoms with Gasteiger partial charge in [-0.05, 0) is 48.8 Å². The van der Waals surface area contributed by atoms with Gasteiger partial charge < -0.3 is 10.1 Å². The normalized spacial score (nSPS) is 11.9. The van der Waals surface area contributed by atoms with Gasteiger partial charge in [-0.3, -0.25) is 9.48 Å². The van der Waals surface area contributed by atoms with Gasteiger partial charge in [-0.2, -0.15) is 10.2 Å². The number of nitrogens with zero attached hydrogens (tertiary/aromatic N) is 4. The van der Waals surface area contributed by atoms with E-state index in [4.69, 9.17) is 4.74 Å². The average Bonchev–Trinajstić information content (AvgIpc) is 3.25. The number of hydrogen-bond donors (Lipinski definition) is 1. The van der Waals surface area contributed by atoms with Crippen LogP contribution in [-0.2, 0) is 9.53 Å². The first-order valence-corrected chi connectivity index (χ1v) is 9.54. The molecule has 9 heteroatoms.